The molecule has 1 unspecified atom stereocenters. The number of nitrogens with one attached hydrogen (secondary N) is 1. The lowest BCUT2D eigenvalue weighted by molar-refractivity contribution is -0.385. The lowest BCUT2D eigenvalue weighted by Gasteiger charge is -2.13. The summed E-state index contributed by atoms with van der Waals surface area (Å²) in [6.07, 6.45) is 1.83. The summed E-state index contributed by atoms with van der Waals surface area (Å²) in [4.78, 5) is 10.6. The van der Waals surface area contributed by atoms with E-state index >= 15 is 0 Å². The van der Waals surface area contributed by atoms with Crippen molar-refractivity contribution in [3.63, 3.8) is 0 Å². The van der Waals surface area contributed by atoms with Crippen LogP contribution in [-0.4, -0.2) is 14.7 Å². The molecule has 1 aromatic carbocycles. The van der Waals surface area contributed by atoms with Crippen molar-refractivity contribution in [3.05, 3.63) is 57.4 Å². The predicted molar refractivity (Wildman–Crippen MR) is 76.3 cm³/mol. The molecule has 1 heterocycles. The van der Waals surface area contributed by atoms with Crippen LogP contribution in [0.15, 0.2) is 30.5 Å². The van der Waals surface area contributed by atoms with E-state index in [1.807, 2.05) is 37.8 Å². The first-order chi connectivity index (χ1) is 9.50. The van der Waals surface area contributed by atoms with Crippen LogP contribution in [0.5, 0.6) is 0 Å². The second-order valence-corrected chi connectivity index (χ2v) is 4.80. The van der Waals surface area contributed by atoms with E-state index in [2.05, 4.69) is 10.4 Å². The molecule has 1 atom stereocenters. The standard InChI is InChI=1S/C14H18N4O2/c1-10(13-9-16-17(3)11(13)2)15-8-12-6-4-5-7-14(12)18(19)20/h4-7,9-10,15H,8H2,1-3H3. The number of benzene rings is 1. The van der Waals surface area contributed by atoms with E-state index in [-0.39, 0.29) is 16.7 Å². The Morgan fingerprint density at radius 3 is 2.75 bits per heavy atom. The fourth-order valence-electron chi connectivity index (χ4n) is 2.15. The van der Waals surface area contributed by atoms with E-state index in [0.29, 0.717) is 12.1 Å². The third-order valence-electron chi connectivity index (χ3n) is 3.53. The monoisotopic (exact) mass is 274 g/mol. The second kappa shape index (κ2) is 5.83. The lowest BCUT2D eigenvalue weighted by atomic mass is 10.1. The maximum Gasteiger partial charge on any atom is 0.273 e. The highest BCUT2D eigenvalue weighted by molar-refractivity contribution is 5.39. The second-order valence-electron chi connectivity index (χ2n) is 4.80. The van der Waals surface area contributed by atoms with Crippen molar-refractivity contribution in [1.82, 2.24) is 15.1 Å². The maximum absolute atomic E-state index is 11.0. The van der Waals surface area contributed by atoms with Crippen molar-refractivity contribution in [2.75, 3.05) is 0 Å². The molecule has 0 radical (unpaired) electrons. The minimum Gasteiger partial charge on any atom is -0.306 e. The Kier molecular flexibility index (Phi) is 4.14. The van der Waals surface area contributed by atoms with E-state index in [4.69, 9.17) is 0 Å². The number of nitrogens with zero attached hydrogens (tertiary/aromatic N) is 3. The van der Waals surface area contributed by atoms with Gasteiger partial charge < -0.3 is 5.32 Å². The fraction of sp³-hybridized carbons (Fsp3) is 0.357. The van der Waals surface area contributed by atoms with Gasteiger partial charge in [-0.15, -0.1) is 0 Å². The Bertz CT molecular complexity index is 621. The smallest absolute Gasteiger partial charge is 0.273 e. The first-order valence-corrected chi connectivity index (χ1v) is 6.45. The van der Waals surface area contributed by atoms with Crippen LogP contribution in [0.25, 0.3) is 0 Å². The van der Waals surface area contributed by atoms with Gasteiger partial charge in [0.25, 0.3) is 5.69 Å². The third-order valence-corrected chi connectivity index (χ3v) is 3.53. The molecule has 0 bridgehead atoms. The SMILES string of the molecule is Cc1c(C(C)NCc2ccccc2[N+](=O)[O-])cnn1C. The van der Waals surface area contributed by atoms with E-state index in [1.165, 1.54) is 6.07 Å². The van der Waals surface area contributed by atoms with Crippen LogP contribution >= 0.6 is 0 Å². The summed E-state index contributed by atoms with van der Waals surface area (Å²) in [7, 11) is 1.90. The molecule has 0 fully saturated rings. The largest absolute Gasteiger partial charge is 0.306 e. The molecule has 106 valence electrons. The average Bonchev–Trinajstić information content (AvgIpc) is 2.76. The number of aromatic nitrogens is 2. The van der Waals surface area contributed by atoms with Gasteiger partial charge in [-0.2, -0.15) is 5.10 Å². The Morgan fingerprint density at radius 1 is 1.45 bits per heavy atom. The zero-order valence-electron chi connectivity index (χ0n) is 11.8. The topological polar surface area (TPSA) is 73.0 Å². The molecule has 0 aliphatic rings. The van der Waals surface area contributed by atoms with Crippen LogP contribution in [0.1, 0.15) is 29.8 Å². The van der Waals surface area contributed by atoms with Crippen LogP contribution in [0.3, 0.4) is 0 Å². The Morgan fingerprint density at radius 2 is 2.15 bits per heavy atom. The van der Waals surface area contributed by atoms with Crippen molar-refractivity contribution in [2.24, 2.45) is 7.05 Å². The van der Waals surface area contributed by atoms with Gasteiger partial charge in [-0.3, -0.25) is 14.8 Å². The number of nitro benzene ring substituents is 1. The third kappa shape index (κ3) is 2.85. The van der Waals surface area contributed by atoms with Gasteiger partial charge in [-0.05, 0) is 13.8 Å². The molecule has 1 aromatic heterocycles. The average molecular weight is 274 g/mol. The van der Waals surface area contributed by atoms with Crippen LogP contribution in [0.2, 0.25) is 0 Å². The lowest BCUT2D eigenvalue weighted by Crippen LogP contribution is -2.19. The van der Waals surface area contributed by atoms with Crippen LogP contribution < -0.4 is 5.32 Å². The van der Waals surface area contributed by atoms with Gasteiger partial charge in [0.15, 0.2) is 0 Å². The van der Waals surface area contributed by atoms with Gasteiger partial charge in [-0.25, -0.2) is 0 Å². The molecule has 0 aliphatic heterocycles. The van der Waals surface area contributed by atoms with E-state index in [1.54, 1.807) is 12.1 Å². The van der Waals surface area contributed by atoms with Gasteiger partial charge >= 0.3 is 0 Å². The summed E-state index contributed by atoms with van der Waals surface area (Å²) in [6.45, 7) is 4.48. The molecule has 20 heavy (non-hydrogen) atoms. The molecular weight excluding hydrogens is 256 g/mol. The van der Waals surface area contributed by atoms with Crippen molar-refractivity contribution in [1.29, 1.82) is 0 Å². The fourth-order valence-corrected chi connectivity index (χ4v) is 2.15. The minimum atomic E-state index is -0.350. The van der Waals surface area contributed by atoms with Gasteiger partial charge in [0.05, 0.1) is 11.1 Å². The summed E-state index contributed by atoms with van der Waals surface area (Å²) < 4.78 is 1.82. The molecule has 2 rings (SSSR count). The van der Waals surface area contributed by atoms with Gasteiger partial charge in [0.2, 0.25) is 0 Å². The van der Waals surface area contributed by atoms with E-state index in [0.717, 1.165) is 11.3 Å². The summed E-state index contributed by atoms with van der Waals surface area (Å²) in [5.41, 5.74) is 3.03. The number of hydrogen-bond acceptors (Lipinski definition) is 4. The Labute approximate surface area is 117 Å². The van der Waals surface area contributed by atoms with Gasteiger partial charge in [0, 0.05) is 42.5 Å². The van der Waals surface area contributed by atoms with Crippen LogP contribution in [-0.2, 0) is 13.6 Å². The van der Waals surface area contributed by atoms with Crippen molar-refractivity contribution in [3.8, 4) is 0 Å². The van der Waals surface area contributed by atoms with E-state index in [9.17, 15) is 10.1 Å². The predicted octanol–water partition coefficient (Wildman–Crippen LogP) is 2.49. The summed E-state index contributed by atoms with van der Waals surface area (Å²) in [5.74, 6) is 0. The number of para-hydroxylation sites is 1. The number of hydrogen-bond donors (Lipinski definition) is 1. The molecule has 0 amide bonds. The normalized spacial score (nSPS) is 12.3. The first-order valence-electron chi connectivity index (χ1n) is 6.45. The van der Waals surface area contributed by atoms with Crippen LogP contribution in [0.4, 0.5) is 5.69 Å². The molecule has 6 heteroatoms. The number of aryl methyl sites for hydroxylation is 1. The highest BCUT2D eigenvalue weighted by Gasteiger charge is 2.15. The molecular formula is C14H18N4O2. The molecule has 0 saturated carbocycles. The molecule has 6 nitrogen and oxygen atoms in total. The summed E-state index contributed by atoms with van der Waals surface area (Å²) in [5, 5.41) is 18.5. The van der Waals surface area contributed by atoms with Crippen LogP contribution in [0, 0.1) is 17.0 Å². The molecule has 0 spiro atoms. The highest BCUT2D eigenvalue weighted by atomic mass is 16.6. The van der Waals surface area contributed by atoms with Gasteiger partial charge in [0.1, 0.15) is 0 Å². The molecule has 1 N–H and O–H groups in total. The minimum absolute atomic E-state index is 0.0866. The van der Waals surface area contributed by atoms with Crippen molar-refractivity contribution < 1.29 is 4.92 Å². The summed E-state index contributed by atoms with van der Waals surface area (Å²) >= 11 is 0. The zero-order valence-corrected chi connectivity index (χ0v) is 11.8. The number of nitro groups is 1. The highest BCUT2D eigenvalue weighted by Crippen LogP contribution is 2.20. The van der Waals surface area contributed by atoms with E-state index < -0.39 is 0 Å². The van der Waals surface area contributed by atoms with Crippen molar-refractivity contribution >= 4 is 5.69 Å². The van der Waals surface area contributed by atoms with Crippen molar-refractivity contribution in [2.45, 2.75) is 26.4 Å². The molecule has 0 saturated heterocycles. The summed E-state index contributed by atoms with van der Waals surface area (Å²) in [6, 6.07) is 6.87. The number of rotatable bonds is 5. The molecule has 0 aliphatic carbocycles. The maximum atomic E-state index is 11.0. The zero-order chi connectivity index (χ0) is 14.7. The molecule has 2 aromatic rings. The quantitative estimate of drug-likeness (QED) is 0.671. The first kappa shape index (κ1) is 14.2. The Hall–Kier alpha value is -2.21. The van der Waals surface area contributed by atoms with Gasteiger partial charge in [-0.1, -0.05) is 18.2 Å². The Balaban J connectivity index is 2.09.